The minimum absolute atomic E-state index is 0.193. The number of hydrogen-bond donors (Lipinski definition) is 7. The van der Waals surface area contributed by atoms with Crippen LogP contribution < -0.4 is 0 Å². The topological polar surface area (TPSA) is 231 Å². The second-order valence-corrected chi connectivity index (χ2v) is 19.1. The molecule has 7 N–H and O–H groups in total. The van der Waals surface area contributed by atoms with Crippen molar-refractivity contribution in [3.8, 4) is 0 Å². The number of carbonyl (C=O) groups is 2. The highest BCUT2D eigenvalue weighted by Gasteiger charge is 2.47. The Bertz CT molecular complexity index is 1400. The van der Waals surface area contributed by atoms with Crippen molar-refractivity contribution in [2.24, 2.45) is 0 Å². The molecule has 0 aromatic heterocycles. The van der Waals surface area contributed by atoms with Gasteiger partial charge in [-0.15, -0.1) is 0 Å². The first-order valence-corrected chi connectivity index (χ1v) is 27.3. The van der Waals surface area contributed by atoms with Crippen LogP contribution in [0.5, 0.6) is 0 Å². The number of carbonyl (C=O) groups excluding carboxylic acids is 2. The zero-order chi connectivity index (χ0) is 51.0. The third-order valence-electron chi connectivity index (χ3n) is 12.9. The van der Waals surface area contributed by atoms with Crippen LogP contribution in [0.4, 0.5) is 0 Å². The number of ether oxygens (including phenoxy) is 6. The summed E-state index contributed by atoms with van der Waals surface area (Å²) >= 11 is 0. The molecule has 4 unspecified atom stereocenters. The monoisotopic (exact) mass is 997 g/mol. The molecule has 0 spiro atoms. The van der Waals surface area contributed by atoms with Gasteiger partial charge in [0.2, 0.25) is 0 Å². The van der Waals surface area contributed by atoms with Gasteiger partial charge in [0.15, 0.2) is 18.7 Å². The van der Waals surface area contributed by atoms with Crippen LogP contribution in [0.25, 0.3) is 0 Å². The quantitative estimate of drug-likeness (QED) is 0.0100. The number of hydrogen-bond acceptors (Lipinski definition) is 15. The van der Waals surface area contributed by atoms with Gasteiger partial charge in [0.25, 0.3) is 0 Å². The van der Waals surface area contributed by atoms with E-state index in [2.05, 4.69) is 38.2 Å². The fourth-order valence-corrected chi connectivity index (χ4v) is 8.39. The van der Waals surface area contributed by atoms with Crippen molar-refractivity contribution in [1.82, 2.24) is 0 Å². The molecule has 0 radical (unpaired) electrons. The number of aliphatic hydroxyl groups is 7. The molecule has 0 aliphatic carbocycles. The third kappa shape index (κ3) is 29.2. The average Bonchev–Trinajstić information content (AvgIpc) is 3.35. The summed E-state index contributed by atoms with van der Waals surface area (Å²) in [7, 11) is 0. The van der Waals surface area contributed by atoms with Crippen LogP contribution >= 0.6 is 0 Å². The zero-order valence-electron chi connectivity index (χ0n) is 43.0. The smallest absolute Gasteiger partial charge is 0.331 e. The van der Waals surface area contributed by atoms with Gasteiger partial charge in [0.05, 0.1) is 19.8 Å². The maximum absolute atomic E-state index is 12.9. The molecule has 70 heavy (non-hydrogen) atoms. The Morgan fingerprint density at radius 3 is 1.51 bits per heavy atom. The van der Waals surface area contributed by atoms with Crippen molar-refractivity contribution in [2.45, 2.75) is 261 Å². The summed E-state index contributed by atoms with van der Waals surface area (Å²) in [6.07, 6.45) is 30.5. The molecule has 2 aliphatic heterocycles. The molecule has 2 saturated heterocycles. The Hall–Kier alpha value is -2.54. The van der Waals surface area contributed by atoms with Crippen LogP contribution in [0.1, 0.15) is 194 Å². The van der Waals surface area contributed by atoms with Crippen LogP contribution in [0.3, 0.4) is 0 Å². The fourth-order valence-electron chi connectivity index (χ4n) is 8.39. The van der Waals surface area contributed by atoms with Gasteiger partial charge in [-0.3, -0.25) is 4.79 Å². The zero-order valence-corrected chi connectivity index (χ0v) is 43.0. The highest BCUT2D eigenvalue weighted by atomic mass is 16.7. The maximum atomic E-state index is 12.9. The number of unbranched alkanes of at least 4 members (excludes halogenated alkanes) is 23. The normalized spacial score (nSPS) is 25.7. The summed E-state index contributed by atoms with van der Waals surface area (Å²) in [5.41, 5.74) is 0. The SMILES string of the molecule is CCCCC/C=C/C/C=C/CCCCCCCCCCCC(=O)OC[C@@H](CO[C@@H]1O[C@H](CO[C@@H]2O[C@H](CO)[C@H](O)C(O)C2O)[C@H](O)C(O)C1O)OC(=O)/C=C/C=C/CCCCCCCCCCCCC. The molecule has 2 rings (SSSR count). The number of rotatable bonds is 42. The van der Waals surface area contributed by atoms with E-state index in [0.29, 0.717) is 6.42 Å². The van der Waals surface area contributed by atoms with Crippen LogP contribution in [-0.2, 0) is 38.0 Å². The highest BCUT2D eigenvalue weighted by molar-refractivity contribution is 5.82. The Kier molecular flexibility index (Phi) is 38.0. The maximum Gasteiger partial charge on any atom is 0.331 e. The molecule has 2 fully saturated rings. The fraction of sp³-hybridized carbons (Fsp3) is 0.818. The summed E-state index contributed by atoms with van der Waals surface area (Å²) in [6.45, 7) is 2.46. The Balaban J connectivity index is 1.81. The second-order valence-electron chi connectivity index (χ2n) is 19.1. The minimum atomic E-state index is -1.78. The summed E-state index contributed by atoms with van der Waals surface area (Å²) < 4.78 is 33.4. The molecule has 0 bridgehead atoms. The molecule has 11 atom stereocenters. The summed E-state index contributed by atoms with van der Waals surface area (Å²) in [6, 6.07) is 0. The number of allylic oxidation sites excluding steroid dienone is 7. The van der Waals surface area contributed by atoms with Crippen LogP contribution in [0, 0.1) is 0 Å². The lowest BCUT2D eigenvalue weighted by Gasteiger charge is -2.42. The summed E-state index contributed by atoms with van der Waals surface area (Å²) in [5.74, 6) is -1.18. The predicted octanol–water partition coefficient (Wildman–Crippen LogP) is 8.27. The first-order valence-electron chi connectivity index (χ1n) is 27.3. The standard InChI is InChI=1S/C55H96O15/c1-3-5-7-9-11-13-15-17-19-20-21-22-24-25-27-29-31-33-35-37-46(57)65-40-43(68-47(58)38-36-34-32-30-28-26-23-18-16-14-12-10-8-6-4-2)41-66-54-53(64)51(62)49(60)45(70-54)42-67-55-52(63)50(61)48(59)44(39-56)69-55/h11,13,17,19,32,34,36,38,43-45,48-56,59-64H,3-10,12,14-16,18,20-31,33,35,37,39-42H2,1-2H3/b13-11+,19-17+,34-32+,38-36+/t43-,44+,45+,48-,49-,50?,51?,52?,53?,54+,55+/m0/s1. The van der Waals surface area contributed by atoms with E-state index in [1.165, 1.54) is 122 Å². The van der Waals surface area contributed by atoms with E-state index in [-0.39, 0.29) is 13.0 Å². The van der Waals surface area contributed by atoms with E-state index in [1.54, 1.807) is 12.2 Å². The van der Waals surface area contributed by atoms with Crippen molar-refractivity contribution in [3.05, 3.63) is 48.6 Å². The molecule has 0 aromatic rings. The molecule has 15 nitrogen and oxygen atoms in total. The Labute approximate surface area is 420 Å². The van der Waals surface area contributed by atoms with Crippen molar-refractivity contribution in [1.29, 1.82) is 0 Å². The van der Waals surface area contributed by atoms with Gasteiger partial charge in [-0.2, -0.15) is 0 Å². The molecule has 2 heterocycles. The lowest BCUT2D eigenvalue weighted by molar-refractivity contribution is -0.332. The van der Waals surface area contributed by atoms with Crippen molar-refractivity contribution in [3.63, 3.8) is 0 Å². The van der Waals surface area contributed by atoms with Gasteiger partial charge < -0.3 is 64.2 Å². The van der Waals surface area contributed by atoms with E-state index in [4.69, 9.17) is 28.4 Å². The number of esters is 2. The van der Waals surface area contributed by atoms with E-state index < -0.39 is 99.3 Å². The lowest BCUT2D eigenvalue weighted by Crippen LogP contribution is -2.61. The van der Waals surface area contributed by atoms with Gasteiger partial charge in [0.1, 0.15) is 55.4 Å². The average molecular weight is 997 g/mol. The Morgan fingerprint density at radius 2 is 0.957 bits per heavy atom. The van der Waals surface area contributed by atoms with Crippen molar-refractivity contribution < 1.29 is 73.8 Å². The van der Waals surface area contributed by atoms with E-state index in [0.717, 1.165) is 51.4 Å². The summed E-state index contributed by atoms with van der Waals surface area (Å²) in [4.78, 5) is 25.7. The van der Waals surface area contributed by atoms with Gasteiger partial charge in [-0.1, -0.05) is 178 Å². The van der Waals surface area contributed by atoms with Crippen LogP contribution in [0.2, 0.25) is 0 Å². The van der Waals surface area contributed by atoms with Crippen molar-refractivity contribution >= 4 is 11.9 Å². The van der Waals surface area contributed by atoms with E-state index in [1.807, 2.05) is 6.08 Å². The highest BCUT2D eigenvalue weighted by Crippen LogP contribution is 2.26. The molecule has 2 aliphatic rings. The minimum Gasteiger partial charge on any atom is -0.462 e. The third-order valence-corrected chi connectivity index (χ3v) is 12.9. The van der Waals surface area contributed by atoms with E-state index in [9.17, 15) is 45.3 Å². The molecule has 406 valence electrons. The predicted molar refractivity (Wildman–Crippen MR) is 270 cm³/mol. The Morgan fingerprint density at radius 1 is 0.500 bits per heavy atom. The summed E-state index contributed by atoms with van der Waals surface area (Å²) in [5, 5.41) is 72.1. The van der Waals surface area contributed by atoms with E-state index >= 15 is 0 Å². The molecular formula is C55H96O15. The molecular weight excluding hydrogens is 901 g/mol. The van der Waals surface area contributed by atoms with Gasteiger partial charge in [-0.05, 0) is 51.4 Å². The van der Waals surface area contributed by atoms with Gasteiger partial charge in [-0.25, -0.2) is 4.79 Å². The van der Waals surface area contributed by atoms with Crippen LogP contribution in [-0.4, -0.2) is 142 Å². The second kappa shape index (κ2) is 41.9. The van der Waals surface area contributed by atoms with Gasteiger partial charge >= 0.3 is 11.9 Å². The first-order chi connectivity index (χ1) is 34.0. The molecule has 15 heteroatoms. The first kappa shape index (κ1) is 63.6. The van der Waals surface area contributed by atoms with Crippen molar-refractivity contribution in [2.75, 3.05) is 26.4 Å². The number of aliphatic hydroxyl groups excluding tert-OH is 7. The molecule has 0 amide bonds. The lowest BCUT2D eigenvalue weighted by atomic mass is 9.98. The van der Waals surface area contributed by atoms with Gasteiger partial charge in [0, 0.05) is 12.5 Å². The molecule has 0 saturated carbocycles. The largest absolute Gasteiger partial charge is 0.462 e. The molecule has 0 aromatic carbocycles. The van der Waals surface area contributed by atoms with Crippen LogP contribution in [0.15, 0.2) is 48.6 Å².